The molecular weight excluding hydrogens is 322 g/mol. The van der Waals surface area contributed by atoms with Crippen molar-refractivity contribution in [2.45, 2.75) is 31.3 Å². The number of hydrogen-bond acceptors (Lipinski definition) is 5. The first-order valence-electron chi connectivity index (χ1n) is 8.58. The second-order valence-electron chi connectivity index (χ2n) is 6.89. The molecule has 2 aromatic heterocycles. The number of fused-ring (bicyclic) bond motifs is 3. The van der Waals surface area contributed by atoms with E-state index < -0.39 is 11.2 Å². The summed E-state index contributed by atoms with van der Waals surface area (Å²) in [5.74, 6) is -0.0819. The summed E-state index contributed by atoms with van der Waals surface area (Å²) in [7, 11) is 3.00. The molecule has 0 spiro atoms. The Morgan fingerprint density at radius 2 is 1.92 bits per heavy atom. The number of nitrogens with one attached hydrogen (secondary N) is 1. The summed E-state index contributed by atoms with van der Waals surface area (Å²) in [5, 5.41) is 3.66. The van der Waals surface area contributed by atoms with E-state index in [4.69, 9.17) is 0 Å². The molecule has 132 valence electrons. The van der Waals surface area contributed by atoms with Crippen molar-refractivity contribution in [2.75, 3.05) is 13.1 Å². The number of amides is 1. The maximum Gasteiger partial charge on any atom is 0.332 e. The number of pyridine rings is 1. The lowest BCUT2D eigenvalue weighted by Crippen LogP contribution is -2.42. The van der Waals surface area contributed by atoms with Crippen LogP contribution in [-0.4, -0.2) is 50.1 Å². The van der Waals surface area contributed by atoms with Crippen molar-refractivity contribution >= 4 is 16.9 Å². The molecule has 4 rings (SSSR count). The van der Waals surface area contributed by atoms with Gasteiger partial charge in [-0.05, 0) is 31.9 Å². The van der Waals surface area contributed by atoms with E-state index in [1.807, 2.05) is 4.90 Å². The largest absolute Gasteiger partial charge is 0.332 e. The predicted octanol–water partition coefficient (Wildman–Crippen LogP) is -0.401. The van der Waals surface area contributed by atoms with E-state index >= 15 is 0 Å². The molecule has 2 aromatic rings. The number of carbonyl (C=O) groups excluding carboxylic acids is 1. The predicted molar refractivity (Wildman–Crippen MR) is 92.7 cm³/mol. The van der Waals surface area contributed by atoms with Gasteiger partial charge in [0.25, 0.3) is 11.5 Å². The lowest BCUT2D eigenvalue weighted by atomic mass is 10.1. The van der Waals surface area contributed by atoms with Crippen LogP contribution in [0, 0.1) is 0 Å². The van der Waals surface area contributed by atoms with E-state index in [0.717, 1.165) is 36.9 Å². The molecule has 1 amide bonds. The third-order valence-electron chi connectivity index (χ3n) is 5.43. The zero-order valence-electron chi connectivity index (χ0n) is 14.4. The van der Waals surface area contributed by atoms with Crippen molar-refractivity contribution in [1.29, 1.82) is 0 Å². The third kappa shape index (κ3) is 2.39. The lowest BCUT2D eigenvalue weighted by molar-refractivity contribution is 0.0680. The van der Waals surface area contributed by atoms with Crippen LogP contribution in [0.1, 0.15) is 29.6 Å². The fraction of sp³-hybridized carbons (Fsp3) is 0.529. The summed E-state index contributed by atoms with van der Waals surface area (Å²) < 4.78 is 2.36. The Morgan fingerprint density at radius 3 is 2.72 bits per heavy atom. The van der Waals surface area contributed by atoms with Gasteiger partial charge < -0.3 is 10.2 Å². The van der Waals surface area contributed by atoms with Gasteiger partial charge in [-0.3, -0.25) is 18.7 Å². The summed E-state index contributed by atoms with van der Waals surface area (Å²) in [4.78, 5) is 43.7. The summed E-state index contributed by atoms with van der Waals surface area (Å²) >= 11 is 0. The summed E-state index contributed by atoms with van der Waals surface area (Å²) in [6.45, 7) is 1.73. The number of nitrogens with zero attached hydrogens (tertiary/aromatic N) is 4. The van der Waals surface area contributed by atoms with Gasteiger partial charge in [-0.1, -0.05) is 0 Å². The first kappa shape index (κ1) is 16.0. The van der Waals surface area contributed by atoms with Crippen molar-refractivity contribution in [3.05, 3.63) is 38.7 Å². The highest BCUT2D eigenvalue weighted by Gasteiger charge is 2.38. The summed E-state index contributed by atoms with van der Waals surface area (Å²) in [5.41, 5.74) is -0.159. The van der Waals surface area contributed by atoms with Gasteiger partial charge in [-0.2, -0.15) is 0 Å². The Bertz CT molecular complexity index is 963. The lowest BCUT2D eigenvalue weighted by Gasteiger charge is -2.28. The Balaban J connectivity index is 1.81. The van der Waals surface area contributed by atoms with Crippen LogP contribution < -0.4 is 16.6 Å². The fourth-order valence-corrected chi connectivity index (χ4v) is 4.05. The van der Waals surface area contributed by atoms with Crippen LogP contribution in [-0.2, 0) is 14.1 Å². The van der Waals surface area contributed by atoms with Gasteiger partial charge >= 0.3 is 5.69 Å². The van der Waals surface area contributed by atoms with Gasteiger partial charge in [0.1, 0.15) is 5.65 Å². The maximum atomic E-state index is 13.1. The normalized spacial score (nSPS) is 23.0. The molecule has 0 radical (unpaired) electrons. The number of hydrogen-bond donors (Lipinski definition) is 1. The second kappa shape index (κ2) is 5.80. The monoisotopic (exact) mass is 343 g/mol. The maximum absolute atomic E-state index is 13.1. The quantitative estimate of drug-likeness (QED) is 0.761. The number of aryl methyl sites for hydroxylation is 1. The molecule has 2 fully saturated rings. The molecule has 4 heterocycles. The van der Waals surface area contributed by atoms with Gasteiger partial charge in [0, 0.05) is 38.9 Å². The Kier molecular flexibility index (Phi) is 3.72. The molecule has 2 aliphatic rings. The average molecular weight is 343 g/mol. The van der Waals surface area contributed by atoms with Crippen molar-refractivity contribution in [3.63, 3.8) is 0 Å². The number of rotatable bonds is 1. The molecular formula is C17H21N5O3. The SMILES string of the molecule is Cn1c(=O)c2cc(C(=O)N3C4CCNCC3CC4)cnc2n(C)c1=O. The summed E-state index contributed by atoms with van der Waals surface area (Å²) in [6, 6.07) is 2.01. The topological polar surface area (TPSA) is 89.2 Å². The minimum atomic E-state index is -0.430. The Hall–Kier alpha value is -2.48. The fourth-order valence-electron chi connectivity index (χ4n) is 4.05. The van der Waals surface area contributed by atoms with Crippen molar-refractivity contribution in [3.8, 4) is 0 Å². The van der Waals surface area contributed by atoms with Crippen molar-refractivity contribution < 1.29 is 4.79 Å². The zero-order valence-corrected chi connectivity index (χ0v) is 14.4. The molecule has 1 N–H and O–H groups in total. The van der Waals surface area contributed by atoms with Crippen LogP contribution in [0.3, 0.4) is 0 Å². The van der Waals surface area contributed by atoms with E-state index in [0.29, 0.717) is 11.2 Å². The number of carbonyl (C=O) groups is 1. The minimum absolute atomic E-state index is 0.0819. The third-order valence-corrected chi connectivity index (χ3v) is 5.43. The minimum Gasteiger partial charge on any atom is -0.331 e. The van der Waals surface area contributed by atoms with Crippen LogP contribution >= 0.6 is 0 Å². The standard InChI is InChI=1S/C17H21N5O3/c1-20-14-13(16(24)21(2)17(20)25)7-10(8-19-14)15(23)22-11-3-4-12(22)9-18-6-5-11/h7-8,11-12,18H,3-6,9H2,1-2H3. The Morgan fingerprint density at radius 1 is 1.16 bits per heavy atom. The smallest absolute Gasteiger partial charge is 0.331 e. The molecule has 2 aliphatic heterocycles. The molecule has 2 unspecified atom stereocenters. The first-order valence-corrected chi connectivity index (χ1v) is 8.58. The van der Waals surface area contributed by atoms with Crippen LogP contribution in [0.2, 0.25) is 0 Å². The van der Waals surface area contributed by atoms with Crippen molar-refractivity contribution in [2.24, 2.45) is 14.1 Å². The molecule has 8 heteroatoms. The molecule has 2 bridgehead atoms. The average Bonchev–Trinajstić information content (AvgIpc) is 2.89. The van der Waals surface area contributed by atoms with Gasteiger partial charge in [-0.25, -0.2) is 9.78 Å². The molecule has 2 saturated heterocycles. The molecule has 0 saturated carbocycles. The highest BCUT2D eigenvalue weighted by atomic mass is 16.2. The first-order chi connectivity index (χ1) is 12.0. The van der Waals surface area contributed by atoms with Gasteiger partial charge in [0.15, 0.2) is 0 Å². The zero-order chi connectivity index (χ0) is 17.7. The van der Waals surface area contributed by atoms with Gasteiger partial charge in [0.2, 0.25) is 0 Å². The molecule has 2 atom stereocenters. The van der Waals surface area contributed by atoms with E-state index in [1.54, 1.807) is 13.1 Å². The van der Waals surface area contributed by atoms with Crippen LogP contribution in [0.25, 0.3) is 11.0 Å². The molecule has 25 heavy (non-hydrogen) atoms. The van der Waals surface area contributed by atoms with Crippen LogP contribution in [0.15, 0.2) is 21.9 Å². The molecule has 0 aromatic carbocycles. The van der Waals surface area contributed by atoms with Crippen LogP contribution in [0.4, 0.5) is 0 Å². The Labute approximate surface area is 144 Å². The van der Waals surface area contributed by atoms with E-state index in [9.17, 15) is 14.4 Å². The summed E-state index contributed by atoms with van der Waals surface area (Å²) in [6.07, 6.45) is 4.44. The van der Waals surface area contributed by atoms with E-state index in [-0.39, 0.29) is 23.4 Å². The van der Waals surface area contributed by atoms with Gasteiger partial charge in [-0.15, -0.1) is 0 Å². The van der Waals surface area contributed by atoms with Crippen molar-refractivity contribution in [1.82, 2.24) is 24.3 Å². The second-order valence-corrected chi connectivity index (χ2v) is 6.89. The highest BCUT2D eigenvalue weighted by Crippen LogP contribution is 2.29. The number of aromatic nitrogens is 3. The van der Waals surface area contributed by atoms with E-state index in [1.165, 1.54) is 17.8 Å². The van der Waals surface area contributed by atoms with Crippen LogP contribution in [0.5, 0.6) is 0 Å². The van der Waals surface area contributed by atoms with E-state index in [2.05, 4.69) is 10.3 Å². The van der Waals surface area contributed by atoms with Gasteiger partial charge in [0.05, 0.1) is 10.9 Å². The molecule has 0 aliphatic carbocycles. The highest BCUT2D eigenvalue weighted by molar-refractivity contribution is 5.97. The molecule has 8 nitrogen and oxygen atoms in total.